The first-order chi connectivity index (χ1) is 14.5. The summed E-state index contributed by atoms with van der Waals surface area (Å²) in [5, 5.41) is 18.0. The first-order valence-corrected chi connectivity index (χ1v) is 8.94. The molecule has 0 aliphatic carbocycles. The zero-order valence-electron chi connectivity index (χ0n) is 17.8. The predicted octanol–water partition coefficient (Wildman–Crippen LogP) is 0.395. The maximum atomic E-state index is 11.1. The zero-order chi connectivity index (χ0) is 24.5. The summed E-state index contributed by atoms with van der Waals surface area (Å²) in [5.41, 5.74) is 18.9. The van der Waals surface area contributed by atoms with Crippen LogP contribution in [0.2, 0.25) is 0 Å². The summed E-state index contributed by atoms with van der Waals surface area (Å²) >= 11 is 0. The number of carbonyl (C=O) groups excluding carboxylic acids is 2. The Morgan fingerprint density at radius 2 is 1.52 bits per heavy atom. The summed E-state index contributed by atoms with van der Waals surface area (Å²) < 4.78 is 36.0. The summed E-state index contributed by atoms with van der Waals surface area (Å²) in [6, 6.07) is 0. The predicted molar refractivity (Wildman–Crippen MR) is 103 cm³/mol. The van der Waals surface area contributed by atoms with Crippen LogP contribution in [0.15, 0.2) is 10.2 Å². The molecule has 0 aromatic carbocycles. The molecule has 16 heteroatoms. The van der Waals surface area contributed by atoms with Crippen molar-refractivity contribution in [3.8, 4) is 0 Å². The van der Waals surface area contributed by atoms with E-state index in [0.29, 0.717) is 46.1 Å². The molecule has 0 saturated carbocycles. The minimum Gasteiger partial charge on any atom is -0.544 e. The van der Waals surface area contributed by atoms with Crippen LogP contribution in [0.25, 0.3) is 20.9 Å². The fraction of sp³-hybridized carbons (Fsp3) is 0.867. The van der Waals surface area contributed by atoms with E-state index in [4.69, 9.17) is 35.2 Å². The molecule has 180 valence electrons. The SMILES string of the molecule is CC(C)(C)OC(=O)NCCOCCN=[N+]=[N-].O=C([O-])C(F)F.[N-]=[N+]=NCCOCC[NH3+]. The minimum absolute atomic E-state index is 0.295. The molecular formula is C15H30F2N8O6. The van der Waals surface area contributed by atoms with E-state index in [1.807, 2.05) is 0 Å². The number of alkyl carbamates (subject to hydrolysis) is 1. The van der Waals surface area contributed by atoms with Crippen LogP contribution in [-0.2, 0) is 19.0 Å². The average molecular weight is 456 g/mol. The lowest BCUT2D eigenvalue weighted by molar-refractivity contribution is -0.374. The van der Waals surface area contributed by atoms with Gasteiger partial charge in [-0.1, -0.05) is 10.2 Å². The highest BCUT2D eigenvalue weighted by molar-refractivity contribution is 5.67. The molecule has 31 heavy (non-hydrogen) atoms. The van der Waals surface area contributed by atoms with Crippen molar-refractivity contribution < 1.29 is 43.4 Å². The van der Waals surface area contributed by atoms with Gasteiger partial charge in [0.15, 0.2) is 0 Å². The van der Waals surface area contributed by atoms with Gasteiger partial charge in [0, 0.05) is 29.5 Å². The molecule has 4 N–H and O–H groups in total. The Hall–Kier alpha value is -2.90. The van der Waals surface area contributed by atoms with E-state index in [2.05, 4.69) is 31.1 Å². The van der Waals surface area contributed by atoms with Crippen LogP contribution in [0.5, 0.6) is 0 Å². The number of alkyl halides is 2. The van der Waals surface area contributed by atoms with Crippen molar-refractivity contribution in [3.63, 3.8) is 0 Å². The Labute approximate surface area is 178 Å². The Morgan fingerprint density at radius 3 is 1.87 bits per heavy atom. The summed E-state index contributed by atoms with van der Waals surface area (Å²) in [4.78, 5) is 25.1. The Balaban J connectivity index is -0.000000438. The van der Waals surface area contributed by atoms with E-state index in [1.165, 1.54) is 0 Å². The number of carboxylic acid groups (broad SMARTS) is 1. The fourth-order valence-electron chi connectivity index (χ4n) is 1.15. The van der Waals surface area contributed by atoms with Gasteiger partial charge >= 0.3 is 6.09 Å². The number of ether oxygens (including phenoxy) is 3. The van der Waals surface area contributed by atoms with Gasteiger partial charge in [0.25, 0.3) is 6.43 Å². The van der Waals surface area contributed by atoms with Crippen molar-refractivity contribution in [2.45, 2.75) is 32.8 Å². The number of azide groups is 2. The molecule has 0 atom stereocenters. The summed E-state index contributed by atoms with van der Waals surface area (Å²) in [6.45, 7) is 9.07. The van der Waals surface area contributed by atoms with Gasteiger partial charge < -0.3 is 35.2 Å². The first kappa shape index (κ1) is 32.8. The van der Waals surface area contributed by atoms with Crippen molar-refractivity contribution >= 4 is 12.1 Å². The van der Waals surface area contributed by atoms with Crippen LogP contribution in [0.3, 0.4) is 0 Å². The second kappa shape index (κ2) is 23.4. The number of rotatable bonds is 12. The van der Waals surface area contributed by atoms with Gasteiger partial charge in [-0.3, -0.25) is 0 Å². The molecule has 0 unspecified atom stereocenters. The van der Waals surface area contributed by atoms with Gasteiger partial charge in [-0.15, -0.1) is 0 Å². The third kappa shape index (κ3) is 38.3. The number of hydrogen-bond acceptors (Lipinski definition) is 8. The van der Waals surface area contributed by atoms with Crippen molar-refractivity contribution in [1.82, 2.24) is 5.32 Å². The Morgan fingerprint density at radius 1 is 1.06 bits per heavy atom. The van der Waals surface area contributed by atoms with Crippen LogP contribution >= 0.6 is 0 Å². The van der Waals surface area contributed by atoms with Crippen LogP contribution < -0.4 is 16.2 Å². The number of carboxylic acids is 1. The molecule has 1 amide bonds. The lowest BCUT2D eigenvalue weighted by Gasteiger charge is -2.19. The molecule has 0 aliphatic heterocycles. The van der Waals surface area contributed by atoms with Crippen LogP contribution in [0, 0.1) is 0 Å². The molecule has 14 nitrogen and oxygen atoms in total. The third-order valence-corrected chi connectivity index (χ3v) is 2.18. The third-order valence-electron chi connectivity index (χ3n) is 2.18. The number of nitrogens with zero attached hydrogens (tertiary/aromatic N) is 6. The van der Waals surface area contributed by atoms with E-state index < -0.39 is 24.1 Å². The van der Waals surface area contributed by atoms with Gasteiger partial charge in [0.2, 0.25) is 0 Å². The van der Waals surface area contributed by atoms with E-state index in [9.17, 15) is 13.6 Å². The van der Waals surface area contributed by atoms with Crippen LogP contribution in [-0.4, -0.2) is 76.7 Å². The van der Waals surface area contributed by atoms with Crippen LogP contribution in [0.4, 0.5) is 13.6 Å². The second-order valence-electron chi connectivity index (χ2n) is 6.04. The standard InChI is InChI=1S/C9H18N4O3.C4H10N4O.C2H2F2O2/c1-9(2,3)16-8(14)11-4-6-15-7-5-12-13-10;5-1-3-9-4-2-7-8-6;3-1(4)2(5)6/h4-7H2,1-3H3,(H,11,14);1-5H2;1H,(H,5,6). The van der Waals surface area contributed by atoms with E-state index >= 15 is 0 Å². The van der Waals surface area contributed by atoms with Crippen molar-refractivity contribution in [1.29, 1.82) is 0 Å². The van der Waals surface area contributed by atoms with E-state index in [1.54, 1.807) is 20.8 Å². The van der Waals surface area contributed by atoms with Crippen LogP contribution in [0.1, 0.15) is 20.8 Å². The number of amides is 1. The Kier molecular flexibility index (Phi) is 24.7. The highest BCUT2D eigenvalue weighted by atomic mass is 19.3. The fourth-order valence-corrected chi connectivity index (χ4v) is 1.15. The molecule has 0 saturated heterocycles. The number of halogens is 2. The molecule has 0 radical (unpaired) electrons. The maximum Gasteiger partial charge on any atom is 0.407 e. The lowest BCUT2D eigenvalue weighted by atomic mass is 10.2. The lowest BCUT2D eigenvalue weighted by Crippen LogP contribution is -2.52. The highest BCUT2D eigenvalue weighted by Crippen LogP contribution is 2.05. The molecule has 0 aromatic rings. The normalized spacial score (nSPS) is 9.65. The molecule has 0 bridgehead atoms. The zero-order valence-corrected chi connectivity index (χ0v) is 17.8. The van der Waals surface area contributed by atoms with E-state index in [-0.39, 0.29) is 0 Å². The topological polar surface area (TPSA) is 222 Å². The minimum atomic E-state index is -3.34. The molecule has 0 fully saturated rings. The molecule has 0 aromatic heterocycles. The molecule has 0 aliphatic rings. The number of quaternary nitrogens is 1. The van der Waals surface area contributed by atoms with E-state index in [0.717, 1.165) is 6.54 Å². The smallest absolute Gasteiger partial charge is 0.407 e. The van der Waals surface area contributed by atoms with Crippen molar-refractivity contribution in [2.75, 3.05) is 52.6 Å². The van der Waals surface area contributed by atoms with Gasteiger partial charge in [-0.2, -0.15) is 0 Å². The largest absolute Gasteiger partial charge is 0.544 e. The monoisotopic (exact) mass is 456 g/mol. The number of hydrogen-bond donors (Lipinski definition) is 2. The maximum absolute atomic E-state index is 11.1. The number of nitrogens with one attached hydrogen (secondary N) is 1. The molecule has 0 heterocycles. The molecule has 0 spiro atoms. The van der Waals surface area contributed by atoms with Crippen molar-refractivity contribution in [3.05, 3.63) is 20.9 Å². The summed E-state index contributed by atoms with van der Waals surface area (Å²) in [5.74, 6) is -2.32. The second-order valence-corrected chi connectivity index (χ2v) is 6.04. The summed E-state index contributed by atoms with van der Waals surface area (Å²) in [6.07, 6.45) is -3.81. The summed E-state index contributed by atoms with van der Waals surface area (Å²) in [7, 11) is 0. The molecular weight excluding hydrogens is 426 g/mol. The number of aliphatic carboxylic acids is 1. The highest BCUT2D eigenvalue weighted by Gasteiger charge is 2.15. The van der Waals surface area contributed by atoms with Gasteiger partial charge in [0.1, 0.15) is 11.6 Å². The van der Waals surface area contributed by atoms with Gasteiger partial charge in [-0.05, 0) is 31.8 Å². The first-order valence-electron chi connectivity index (χ1n) is 8.94. The van der Waals surface area contributed by atoms with Gasteiger partial charge in [0.05, 0.1) is 33.0 Å². The quantitative estimate of drug-likeness (QED) is 0.183. The molecule has 0 rings (SSSR count). The number of carbonyl (C=O) groups is 2. The average Bonchev–Trinajstić information content (AvgIpc) is 2.67. The Bertz CT molecular complexity index is 564. The van der Waals surface area contributed by atoms with Gasteiger partial charge in [-0.25, -0.2) is 13.6 Å². The van der Waals surface area contributed by atoms with Crippen molar-refractivity contribution in [2.24, 2.45) is 10.2 Å².